The highest BCUT2D eigenvalue weighted by Gasteiger charge is 2.16. The van der Waals surface area contributed by atoms with E-state index < -0.39 is 39.5 Å². The minimum Gasteiger partial charge on any atom is -0.351 e. The molecule has 0 saturated heterocycles. The zero-order valence-electron chi connectivity index (χ0n) is 13.1. The Labute approximate surface area is 141 Å². The van der Waals surface area contributed by atoms with E-state index in [1.165, 1.54) is 6.92 Å². The zero-order chi connectivity index (χ0) is 18.6. The fraction of sp³-hybridized carbons (Fsp3) is 0.214. The summed E-state index contributed by atoms with van der Waals surface area (Å²) in [5, 5.41) is 2.34. The second kappa shape index (κ2) is 7.40. The maximum Gasteiger partial charge on any atom is 0.325 e. The van der Waals surface area contributed by atoms with Gasteiger partial charge < -0.3 is 10.3 Å². The second-order valence-electron chi connectivity index (χ2n) is 5.11. The van der Waals surface area contributed by atoms with E-state index in [4.69, 9.17) is 0 Å². The Morgan fingerprint density at radius 3 is 2.64 bits per heavy atom. The van der Waals surface area contributed by atoms with Gasteiger partial charge in [0.2, 0.25) is 15.9 Å². The highest BCUT2D eigenvalue weighted by Crippen LogP contribution is 2.13. The van der Waals surface area contributed by atoms with Crippen molar-refractivity contribution in [2.75, 3.05) is 6.54 Å². The smallest absolute Gasteiger partial charge is 0.325 e. The van der Waals surface area contributed by atoms with E-state index in [2.05, 4.69) is 15.0 Å². The van der Waals surface area contributed by atoms with E-state index in [-0.39, 0.29) is 22.6 Å². The Bertz CT molecular complexity index is 1010. The molecule has 1 heterocycles. The second-order valence-corrected chi connectivity index (χ2v) is 6.88. The van der Waals surface area contributed by atoms with Gasteiger partial charge in [0.05, 0.1) is 17.0 Å². The number of aromatic nitrogens is 2. The van der Waals surface area contributed by atoms with Gasteiger partial charge in [0, 0.05) is 12.7 Å². The van der Waals surface area contributed by atoms with Gasteiger partial charge in [-0.15, -0.1) is 0 Å². The number of rotatable bonds is 6. The Kier molecular flexibility index (Phi) is 5.49. The highest BCUT2D eigenvalue weighted by atomic mass is 32.2. The molecule has 0 spiro atoms. The first-order valence-electron chi connectivity index (χ1n) is 7.02. The first-order valence-corrected chi connectivity index (χ1v) is 8.51. The minimum absolute atomic E-state index is 0.102. The largest absolute Gasteiger partial charge is 0.351 e. The van der Waals surface area contributed by atoms with Gasteiger partial charge in [0.25, 0.3) is 5.56 Å². The van der Waals surface area contributed by atoms with Crippen LogP contribution in [0.2, 0.25) is 0 Å². The predicted octanol–water partition coefficient (Wildman–Crippen LogP) is -0.895. The fourth-order valence-corrected chi connectivity index (χ4v) is 2.92. The quantitative estimate of drug-likeness (QED) is 0.522. The number of H-pyrrole nitrogens is 2. The van der Waals surface area contributed by atoms with Crippen molar-refractivity contribution in [2.45, 2.75) is 18.4 Å². The van der Waals surface area contributed by atoms with Crippen LogP contribution in [0.25, 0.3) is 0 Å². The van der Waals surface area contributed by atoms with Gasteiger partial charge >= 0.3 is 5.69 Å². The molecule has 1 aromatic heterocycles. The van der Waals surface area contributed by atoms with Crippen LogP contribution < -0.4 is 21.3 Å². The molecule has 0 aliphatic heterocycles. The summed E-state index contributed by atoms with van der Waals surface area (Å²) in [6, 6.07) is 3.25. The maximum absolute atomic E-state index is 13.2. The number of nitrogens with one attached hydrogen (secondary N) is 4. The SMILES string of the molecule is Cc1cc(S(=O)(=O)NCC(=O)NCc2c[nH]c(=O)[nH]c2=O)ccc1F. The van der Waals surface area contributed by atoms with Gasteiger partial charge in [0.15, 0.2) is 0 Å². The molecule has 0 atom stereocenters. The molecular formula is C14H15FN4O5S. The normalized spacial score (nSPS) is 11.3. The van der Waals surface area contributed by atoms with Crippen molar-refractivity contribution in [3.8, 4) is 0 Å². The monoisotopic (exact) mass is 370 g/mol. The number of carbonyl (C=O) groups excluding carboxylic acids is 1. The number of aromatic amines is 2. The van der Waals surface area contributed by atoms with Crippen LogP contribution in [0.4, 0.5) is 4.39 Å². The first-order chi connectivity index (χ1) is 11.7. The lowest BCUT2D eigenvalue weighted by Crippen LogP contribution is -2.38. The van der Waals surface area contributed by atoms with Gasteiger partial charge in [-0.1, -0.05) is 0 Å². The summed E-state index contributed by atoms with van der Waals surface area (Å²) in [5.41, 5.74) is -1.08. The number of hydrogen-bond donors (Lipinski definition) is 4. The van der Waals surface area contributed by atoms with Gasteiger partial charge in [-0.3, -0.25) is 14.6 Å². The zero-order valence-corrected chi connectivity index (χ0v) is 13.9. The Morgan fingerprint density at radius 2 is 2.00 bits per heavy atom. The number of aryl methyl sites for hydroxylation is 1. The lowest BCUT2D eigenvalue weighted by atomic mass is 10.2. The van der Waals surface area contributed by atoms with Crippen LogP contribution >= 0.6 is 0 Å². The topological polar surface area (TPSA) is 141 Å². The average Bonchev–Trinajstić information content (AvgIpc) is 2.54. The molecule has 0 aliphatic carbocycles. The molecule has 11 heteroatoms. The highest BCUT2D eigenvalue weighted by molar-refractivity contribution is 7.89. The van der Waals surface area contributed by atoms with Crippen molar-refractivity contribution in [3.63, 3.8) is 0 Å². The molecule has 2 rings (SSSR count). The molecular weight excluding hydrogens is 355 g/mol. The molecule has 0 fully saturated rings. The minimum atomic E-state index is -3.98. The summed E-state index contributed by atoms with van der Waals surface area (Å²) in [7, 11) is -3.98. The van der Waals surface area contributed by atoms with Crippen LogP contribution in [0.15, 0.2) is 38.9 Å². The first kappa shape index (κ1) is 18.5. The molecule has 0 radical (unpaired) electrons. The Balaban J connectivity index is 1.95. The molecule has 0 aliphatic rings. The molecule has 9 nitrogen and oxygen atoms in total. The van der Waals surface area contributed by atoms with E-state index in [9.17, 15) is 27.2 Å². The Morgan fingerprint density at radius 1 is 1.28 bits per heavy atom. The molecule has 4 N–H and O–H groups in total. The molecule has 1 aromatic carbocycles. The lowest BCUT2D eigenvalue weighted by molar-refractivity contribution is -0.120. The van der Waals surface area contributed by atoms with Crippen LogP contribution in [0, 0.1) is 12.7 Å². The van der Waals surface area contributed by atoms with E-state index in [0.717, 1.165) is 24.4 Å². The van der Waals surface area contributed by atoms with Gasteiger partial charge in [-0.2, -0.15) is 0 Å². The molecule has 1 amide bonds. The molecule has 25 heavy (non-hydrogen) atoms. The van der Waals surface area contributed by atoms with E-state index in [0.29, 0.717) is 0 Å². The molecule has 134 valence electrons. The summed E-state index contributed by atoms with van der Waals surface area (Å²) in [5.74, 6) is -1.23. The standard InChI is InChI=1S/C14H15FN4O5S/c1-8-4-10(2-3-11(8)15)25(23,24)18-7-12(20)16-5-9-6-17-14(22)19-13(9)21/h2-4,6,18H,5,7H2,1H3,(H,16,20)(H2,17,19,21,22). The van der Waals surface area contributed by atoms with Crippen LogP contribution in [0.5, 0.6) is 0 Å². The van der Waals surface area contributed by atoms with Crippen molar-refractivity contribution in [3.05, 3.63) is 62.2 Å². The van der Waals surface area contributed by atoms with Gasteiger partial charge in [-0.25, -0.2) is 22.3 Å². The van der Waals surface area contributed by atoms with Gasteiger partial charge in [0.1, 0.15) is 5.82 Å². The number of hydrogen-bond acceptors (Lipinski definition) is 5. The number of halogens is 1. The van der Waals surface area contributed by atoms with Crippen LogP contribution in [0.3, 0.4) is 0 Å². The summed E-state index contributed by atoms with van der Waals surface area (Å²) in [6.07, 6.45) is 1.15. The molecule has 2 aromatic rings. The van der Waals surface area contributed by atoms with Gasteiger partial charge in [-0.05, 0) is 30.7 Å². The third-order valence-corrected chi connectivity index (χ3v) is 4.63. The molecule has 0 bridgehead atoms. The maximum atomic E-state index is 13.2. The molecule has 0 saturated carbocycles. The van der Waals surface area contributed by atoms with Crippen molar-refractivity contribution in [1.29, 1.82) is 0 Å². The fourth-order valence-electron chi connectivity index (χ4n) is 1.85. The van der Waals surface area contributed by atoms with Crippen molar-refractivity contribution in [1.82, 2.24) is 20.0 Å². The molecule has 0 unspecified atom stereocenters. The average molecular weight is 370 g/mol. The van der Waals surface area contributed by atoms with Crippen LogP contribution in [-0.4, -0.2) is 30.8 Å². The number of amides is 1. The number of benzene rings is 1. The summed E-state index contributed by atoms with van der Waals surface area (Å²) in [4.78, 5) is 38.1. The van der Waals surface area contributed by atoms with E-state index in [1.807, 2.05) is 4.98 Å². The third-order valence-electron chi connectivity index (χ3n) is 3.23. The third kappa shape index (κ3) is 4.84. The number of carbonyl (C=O) groups is 1. The van der Waals surface area contributed by atoms with Crippen molar-refractivity contribution >= 4 is 15.9 Å². The summed E-state index contributed by atoms with van der Waals surface area (Å²) < 4.78 is 39.4. The van der Waals surface area contributed by atoms with Crippen molar-refractivity contribution < 1.29 is 17.6 Å². The Hall–Kier alpha value is -2.79. The predicted molar refractivity (Wildman–Crippen MR) is 85.9 cm³/mol. The summed E-state index contributed by atoms with van der Waals surface area (Å²) in [6.45, 7) is 0.658. The lowest BCUT2D eigenvalue weighted by Gasteiger charge is -2.08. The van der Waals surface area contributed by atoms with Crippen LogP contribution in [-0.2, 0) is 21.4 Å². The number of sulfonamides is 1. The summed E-state index contributed by atoms with van der Waals surface area (Å²) >= 11 is 0. The van der Waals surface area contributed by atoms with Crippen LogP contribution in [0.1, 0.15) is 11.1 Å². The van der Waals surface area contributed by atoms with E-state index >= 15 is 0 Å². The van der Waals surface area contributed by atoms with E-state index in [1.54, 1.807) is 0 Å². The van der Waals surface area contributed by atoms with Crippen molar-refractivity contribution in [2.24, 2.45) is 0 Å².